The lowest BCUT2D eigenvalue weighted by molar-refractivity contribution is -0.146. The summed E-state index contributed by atoms with van der Waals surface area (Å²) in [4.78, 5) is 14.4. The average Bonchev–Trinajstić information content (AvgIpc) is 3.22. The van der Waals surface area contributed by atoms with Crippen molar-refractivity contribution in [2.24, 2.45) is 5.92 Å². The molecule has 1 aliphatic heterocycles. The number of methoxy groups -OCH3 is 1. The molecule has 1 fully saturated rings. The van der Waals surface area contributed by atoms with Gasteiger partial charge in [0.25, 0.3) is 5.82 Å². The van der Waals surface area contributed by atoms with Crippen LogP contribution in [-0.4, -0.2) is 45.9 Å². The highest BCUT2D eigenvalue weighted by Crippen LogP contribution is 2.28. The van der Waals surface area contributed by atoms with Crippen LogP contribution in [0.2, 0.25) is 0 Å². The van der Waals surface area contributed by atoms with E-state index in [-0.39, 0.29) is 17.5 Å². The smallest absolute Gasteiger partial charge is 0.453 e. The molecule has 1 N–H and O–H groups in total. The van der Waals surface area contributed by atoms with E-state index < -0.39 is 12.0 Å². The Morgan fingerprint density at radius 3 is 2.48 bits per heavy atom. The average molecular weight is 434 g/mol. The number of piperidine rings is 1. The predicted octanol–water partition coefficient (Wildman–Crippen LogP) is 2.68. The van der Waals surface area contributed by atoms with Crippen molar-refractivity contribution in [3.05, 3.63) is 47.8 Å². The van der Waals surface area contributed by atoms with Gasteiger partial charge in [-0.1, -0.05) is 12.1 Å². The number of fused-ring (bicyclic) bond motifs is 1. The number of amides is 1. The molecule has 0 bridgehead atoms. The molecule has 0 spiro atoms. The molecule has 1 aliphatic rings. The van der Waals surface area contributed by atoms with Crippen molar-refractivity contribution in [1.82, 2.24) is 25.1 Å². The fourth-order valence-corrected chi connectivity index (χ4v) is 3.57. The topological polar surface area (TPSA) is 84.6 Å². The van der Waals surface area contributed by atoms with Gasteiger partial charge >= 0.3 is 6.18 Å². The van der Waals surface area contributed by atoms with Crippen LogP contribution in [0, 0.1) is 5.92 Å². The number of anilines is 1. The normalized spacial score (nSPS) is 15.3. The Labute approximate surface area is 176 Å². The largest absolute Gasteiger partial charge is 0.497 e. The fourth-order valence-electron chi connectivity index (χ4n) is 3.57. The lowest BCUT2D eigenvalue weighted by atomic mass is 9.96. The van der Waals surface area contributed by atoms with Gasteiger partial charge in [0.1, 0.15) is 11.6 Å². The van der Waals surface area contributed by atoms with Gasteiger partial charge in [-0.2, -0.15) is 17.7 Å². The third-order valence-corrected chi connectivity index (χ3v) is 5.32. The first-order chi connectivity index (χ1) is 14.8. The zero-order valence-corrected chi connectivity index (χ0v) is 16.8. The zero-order valence-electron chi connectivity index (χ0n) is 16.8. The van der Waals surface area contributed by atoms with Gasteiger partial charge in [-0.05, 0) is 42.7 Å². The van der Waals surface area contributed by atoms with Crippen LogP contribution in [0.5, 0.6) is 5.75 Å². The van der Waals surface area contributed by atoms with E-state index in [0.29, 0.717) is 42.8 Å². The summed E-state index contributed by atoms with van der Waals surface area (Å²) in [5, 5.41) is 13.7. The first-order valence-corrected chi connectivity index (χ1v) is 9.80. The maximum atomic E-state index is 13.1. The molecule has 3 aromatic rings. The SMILES string of the molecule is COc1ccc(CNC(=O)C2CCN(c3ccc4nnc(C(F)(F)F)n4n3)CC2)cc1. The number of carbonyl (C=O) groups is 1. The Morgan fingerprint density at radius 2 is 1.84 bits per heavy atom. The van der Waals surface area contributed by atoms with Crippen LogP contribution in [-0.2, 0) is 17.5 Å². The molecule has 0 aliphatic carbocycles. The van der Waals surface area contributed by atoms with E-state index in [2.05, 4.69) is 20.6 Å². The van der Waals surface area contributed by atoms with E-state index in [1.165, 1.54) is 6.07 Å². The minimum absolute atomic E-state index is 0.0305. The molecule has 1 aromatic carbocycles. The monoisotopic (exact) mass is 434 g/mol. The second-order valence-electron chi connectivity index (χ2n) is 7.31. The van der Waals surface area contributed by atoms with Gasteiger partial charge in [0, 0.05) is 25.6 Å². The molecule has 1 amide bonds. The first-order valence-electron chi connectivity index (χ1n) is 9.80. The molecule has 2 aromatic heterocycles. The summed E-state index contributed by atoms with van der Waals surface area (Å²) in [5.41, 5.74) is 1.00. The highest BCUT2D eigenvalue weighted by molar-refractivity contribution is 5.79. The fraction of sp³-hybridized carbons (Fsp3) is 0.400. The van der Waals surface area contributed by atoms with Gasteiger partial charge in [-0.15, -0.1) is 15.3 Å². The third kappa shape index (κ3) is 4.54. The molecular weight excluding hydrogens is 413 g/mol. The first kappa shape index (κ1) is 20.9. The van der Waals surface area contributed by atoms with E-state index >= 15 is 0 Å². The summed E-state index contributed by atoms with van der Waals surface area (Å²) in [5.74, 6) is -0.189. The summed E-state index contributed by atoms with van der Waals surface area (Å²) in [6.45, 7) is 1.46. The van der Waals surface area contributed by atoms with E-state index in [4.69, 9.17) is 4.74 Å². The molecular formula is C20H21F3N6O2. The molecule has 31 heavy (non-hydrogen) atoms. The predicted molar refractivity (Wildman–Crippen MR) is 106 cm³/mol. The second-order valence-corrected chi connectivity index (χ2v) is 7.31. The number of aromatic nitrogens is 4. The van der Waals surface area contributed by atoms with Gasteiger partial charge in [-0.25, -0.2) is 0 Å². The molecule has 0 atom stereocenters. The van der Waals surface area contributed by atoms with Crippen LogP contribution < -0.4 is 15.0 Å². The molecule has 0 saturated carbocycles. The Morgan fingerprint density at radius 1 is 1.13 bits per heavy atom. The van der Waals surface area contributed by atoms with Crippen molar-refractivity contribution < 1.29 is 22.7 Å². The van der Waals surface area contributed by atoms with Crippen LogP contribution in [0.25, 0.3) is 5.65 Å². The molecule has 0 radical (unpaired) electrons. The number of alkyl halides is 3. The maximum Gasteiger partial charge on any atom is 0.453 e. The second kappa shape index (κ2) is 8.40. The standard InChI is InChI=1S/C20H21F3N6O2/c1-31-15-4-2-13(3-5-15)12-24-18(30)14-8-10-28(11-9-14)17-7-6-16-25-26-19(20(21,22)23)29(16)27-17/h2-7,14H,8-12H2,1H3,(H,24,30). The van der Waals surface area contributed by atoms with Crippen LogP contribution in [0.3, 0.4) is 0 Å². The molecule has 11 heteroatoms. The Bertz CT molecular complexity index is 1060. The number of rotatable bonds is 5. The number of nitrogens with one attached hydrogen (secondary N) is 1. The summed E-state index contributed by atoms with van der Waals surface area (Å²) < 4.78 is 45.0. The van der Waals surface area contributed by atoms with Crippen molar-refractivity contribution in [1.29, 1.82) is 0 Å². The minimum Gasteiger partial charge on any atom is -0.497 e. The molecule has 4 rings (SSSR count). The number of hydrogen-bond donors (Lipinski definition) is 1. The van der Waals surface area contributed by atoms with Gasteiger partial charge in [0.2, 0.25) is 5.91 Å². The van der Waals surface area contributed by atoms with Crippen molar-refractivity contribution >= 4 is 17.4 Å². The number of halogens is 3. The number of hydrogen-bond acceptors (Lipinski definition) is 6. The Hall–Kier alpha value is -3.37. The Kier molecular flexibility index (Phi) is 5.66. The molecule has 164 valence electrons. The van der Waals surface area contributed by atoms with Crippen LogP contribution >= 0.6 is 0 Å². The number of carbonyl (C=O) groups excluding carboxylic acids is 1. The summed E-state index contributed by atoms with van der Waals surface area (Å²) in [6.07, 6.45) is -3.47. The lowest BCUT2D eigenvalue weighted by Crippen LogP contribution is -2.40. The minimum atomic E-state index is -4.64. The molecule has 0 unspecified atom stereocenters. The van der Waals surface area contributed by atoms with Crippen molar-refractivity contribution in [2.75, 3.05) is 25.1 Å². The number of nitrogens with zero attached hydrogens (tertiary/aromatic N) is 5. The van der Waals surface area contributed by atoms with E-state index in [1.807, 2.05) is 29.2 Å². The summed E-state index contributed by atoms with van der Waals surface area (Å²) >= 11 is 0. The zero-order chi connectivity index (χ0) is 22.0. The molecule has 3 heterocycles. The highest BCUT2D eigenvalue weighted by atomic mass is 19.4. The maximum absolute atomic E-state index is 13.1. The van der Waals surface area contributed by atoms with Gasteiger partial charge in [0.15, 0.2) is 5.65 Å². The van der Waals surface area contributed by atoms with E-state index in [9.17, 15) is 18.0 Å². The van der Waals surface area contributed by atoms with Crippen LogP contribution in [0.15, 0.2) is 36.4 Å². The van der Waals surface area contributed by atoms with Crippen LogP contribution in [0.4, 0.5) is 19.0 Å². The van der Waals surface area contributed by atoms with Crippen molar-refractivity contribution in [3.8, 4) is 5.75 Å². The van der Waals surface area contributed by atoms with E-state index in [0.717, 1.165) is 11.3 Å². The number of ether oxygens (including phenoxy) is 1. The van der Waals surface area contributed by atoms with Gasteiger partial charge in [-0.3, -0.25) is 4.79 Å². The third-order valence-electron chi connectivity index (χ3n) is 5.32. The molecule has 1 saturated heterocycles. The quantitative estimate of drug-likeness (QED) is 0.665. The van der Waals surface area contributed by atoms with E-state index in [1.54, 1.807) is 13.2 Å². The molecule has 8 nitrogen and oxygen atoms in total. The van der Waals surface area contributed by atoms with Crippen molar-refractivity contribution in [3.63, 3.8) is 0 Å². The van der Waals surface area contributed by atoms with Crippen LogP contribution in [0.1, 0.15) is 24.2 Å². The summed E-state index contributed by atoms with van der Waals surface area (Å²) in [7, 11) is 1.60. The van der Waals surface area contributed by atoms with Gasteiger partial charge in [0.05, 0.1) is 7.11 Å². The lowest BCUT2D eigenvalue weighted by Gasteiger charge is -2.32. The summed E-state index contributed by atoms with van der Waals surface area (Å²) in [6, 6.07) is 10.5. The van der Waals surface area contributed by atoms with Crippen molar-refractivity contribution in [2.45, 2.75) is 25.6 Å². The highest BCUT2D eigenvalue weighted by Gasteiger charge is 2.38. The number of benzene rings is 1. The Balaban J connectivity index is 1.35. The van der Waals surface area contributed by atoms with Gasteiger partial charge < -0.3 is 15.0 Å².